The molecule has 0 aliphatic carbocycles. The number of pyridine rings is 7. The van der Waals surface area contributed by atoms with Gasteiger partial charge in [0.2, 0.25) is 0 Å². The second kappa shape index (κ2) is 31.6. The molecule has 489 valence electrons. The molecule has 20 nitrogen and oxygen atoms in total. The predicted octanol–water partition coefficient (Wildman–Crippen LogP) is 13.3. The van der Waals surface area contributed by atoms with Gasteiger partial charge in [-0.1, -0.05) is 0 Å². The van der Waals surface area contributed by atoms with Crippen LogP contribution in [0.2, 0.25) is 0 Å². The van der Waals surface area contributed by atoms with Crippen molar-refractivity contribution in [2.75, 3.05) is 0 Å². The monoisotopic (exact) mass is 1650 g/mol. The number of fused-ring (bicyclic) bond motifs is 10. The molecule has 1 aliphatic rings. The van der Waals surface area contributed by atoms with E-state index in [-0.39, 0.29) is 0 Å². The Labute approximate surface area is 647 Å². The molecule has 0 bridgehead atoms. The summed E-state index contributed by atoms with van der Waals surface area (Å²) in [4.78, 5) is 50.5. The molecular weight excluding hydrogens is 1600 g/mol. The average Bonchev–Trinajstić information content (AvgIpc) is 1.45. The molecule has 0 amide bonds. The summed E-state index contributed by atoms with van der Waals surface area (Å²) in [6.07, 6.45) is 24.5. The maximum atomic E-state index is 4.96. The van der Waals surface area contributed by atoms with Gasteiger partial charge in [0.15, 0.2) is 0 Å². The van der Waals surface area contributed by atoms with Crippen LogP contribution < -0.4 is 0 Å². The van der Waals surface area contributed by atoms with Gasteiger partial charge in [0.1, 0.15) is 0 Å². The van der Waals surface area contributed by atoms with Crippen molar-refractivity contribution in [2.24, 2.45) is 0 Å². The van der Waals surface area contributed by atoms with Gasteiger partial charge in [-0.3, -0.25) is 0 Å². The van der Waals surface area contributed by atoms with Crippen LogP contribution in [0.15, 0.2) is 317 Å². The number of imidazole rings is 4. The molecule has 1 unspecified atom stereocenters. The molecule has 0 fully saturated rings. The molecule has 19 aromatic rings. The van der Waals surface area contributed by atoms with E-state index in [0.717, 1.165) is 158 Å². The number of rotatable bonds is 10. The fourth-order valence-corrected chi connectivity index (χ4v) is 22.3. The van der Waals surface area contributed by atoms with Gasteiger partial charge in [-0.05, 0) is 0 Å². The van der Waals surface area contributed by atoms with E-state index in [1.54, 1.807) is 31.1 Å². The Morgan fingerprint density at radius 1 is 0.375 bits per heavy atom. The first-order valence-electron chi connectivity index (χ1n) is 33.1. The summed E-state index contributed by atoms with van der Waals surface area (Å²) in [6, 6.07) is 78.0. The summed E-state index contributed by atoms with van der Waals surface area (Å²) in [5.74, 6) is 4.41. The number of hydrogen-bond acceptors (Lipinski definition) is 15. The molecule has 1 atom stereocenters. The van der Waals surface area contributed by atoms with Crippen LogP contribution in [-0.2, 0) is 0 Å². The van der Waals surface area contributed by atoms with E-state index in [1.807, 2.05) is 174 Å². The first kappa shape index (κ1) is 68.0. The second-order valence-electron chi connectivity index (χ2n) is 23.7. The average molecular weight is 1650 g/mol. The van der Waals surface area contributed by atoms with Crippen LogP contribution in [0.5, 0.6) is 0 Å². The summed E-state index contributed by atoms with van der Waals surface area (Å²) in [7, 11) is 0. The molecule has 0 saturated carbocycles. The van der Waals surface area contributed by atoms with Gasteiger partial charge in [-0.2, -0.15) is 0 Å². The van der Waals surface area contributed by atoms with E-state index in [0.29, 0.717) is 5.37 Å². The van der Waals surface area contributed by atoms with E-state index in [9.17, 15) is 0 Å². The molecular formula is C78H56Ga5N20S. The zero-order chi connectivity index (χ0) is 70.1. The Kier molecular flexibility index (Phi) is 20.7. The first-order valence-corrected chi connectivity index (χ1v) is 42.4. The summed E-state index contributed by atoms with van der Waals surface area (Å²) in [5, 5.41) is 18.9. The Hall–Kier alpha value is -10.5. The van der Waals surface area contributed by atoms with Crippen molar-refractivity contribution < 1.29 is 0 Å². The molecule has 1 aliphatic heterocycles. The normalized spacial score (nSPS) is 12.3. The summed E-state index contributed by atoms with van der Waals surface area (Å²) in [5.41, 5.74) is 13.4. The number of hydrogen-bond donors (Lipinski definition) is 0. The van der Waals surface area contributed by atoms with E-state index < -0.39 is 35.8 Å². The van der Waals surface area contributed by atoms with Crippen LogP contribution in [0.4, 0.5) is 0 Å². The molecule has 20 rings (SSSR count). The molecule has 104 heavy (non-hydrogen) atoms. The molecule has 0 N–H and O–H groups in total. The Balaban J connectivity index is 0.000000105. The van der Waals surface area contributed by atoms with E-state index in [2.05, 4.69) is 192 Å². The van der Waals surface area contributed by atoms with Crippen molar-refractivity contribution in [2.45, 2.75) is 5.37 Å². The van der Waals surface area contributed by atoms with Crippen LogP contribution in [0.25, 0.3) is 134 Å². The number of benzene rings is 6. The zero-order valence-electron chi connectivity index (χ0n) is 55.7. The maximum absolute atomic E-state index is 4.96. The number of para-hydroxylation sites is 5. The van der Waals surface area contributed by atoms with Crippen molar-refractivity contribution in [1.29, 1.82) is 0 Å². The van der Waals surface area contributed by atoms with Gasteiger partial charge < -0.3 is 0 Å². The van der Waals surface area contributed by atoms with Gasteiger partial charge in [0.25, 0.3) is 0 Å². The Bertz CT molecular complexity index is 6200. The minimum absolute atomic E-state index is 0.422. The molecule has 0 spiro atoms. The third kappa shape index (κ3) is 14.5. The van der Waals surface area contributed by atoms with Crippen molar-refractivity contribution in [3.63, 3.8) is 0 Å². The third-order valence-corrected chi connectivity index (χ3v) is 28.4. The van der Waals surface area contributed by atoms with Crippen LogP contribution >= 0.6 is 11.8 Å². The van der Waals surface area contributed by atoms with Crippen LogP contribution in [0.1, 0.15) is 11.1 Å². The minimum atomic E-state index is -1.24. The number of nitrogens with zero attached hydrogens (tertiary/aromatic N) is 20. The van der Waals surface area contributed by atoms with Gasteiger partial charge in [0, 0.05) is 0 Å². The zero-order valence-corrected chi connectivity index (χ0v) is 70.3. The van der Waals surface area contributed by atoms with Gasteiger partial charge in [-0.25, -0.2) is 0 Å². The van der Waals surface area contributed by atoms with Gasteiger partial charge in [0.05, 0.1) is 0 Å². The second-order valence-corrected chi connectivity index (χ2v) is 34.5. The third-order valence-electron chi connectivity index (χ3n) is 17.3. The van der Waals surface area contributed by atoms with Crippen molar-refractivity contribution >= 4 is 180 Å². The number of aromatic nitrogens is 19. The van der Waals surface area contributed by atoms with Crippen molar-refractivity contribution in [3.8, 4) is 57.6 Å². The summed E-state index contributed by atoms with van der Waals surface area (Å²) < 4.78 is 15.8. The van der Waals surface area contributed by atoms with Gasteiger partial charge >= 0.3 is 654 Å². The fraction of sp³-hybridized carbons (Fsp3) is 0.0128. The summed E-state index contributed by atoms with van der Waals surface area (Å²) >= 11 is 2.60. The van der Waals surface area contributed by atoms with Crippen molar-refractivity contribution in [3.05, 3.63) is 322 Å². The molecule has 26 heteroatoms. The van der Waals surface area contributed by atoms with Crippen LogP contribution in [-0.4, -0.2) is 181 Å². The van der Waals surface area contributed by atoms with Crippen LogP contribution in [0, 0.1) is 0 Å². The fourth-order valence-electron chi connectivity index (χ4n) is 12.4. The van der Waals surface area contributed by atoms with Crippen molar-refractivity contribution in [1.82, 2.24) is 88.3 Å². The topological polar surface area (TPSA) is 200 Å². The van der Waals surface area contributed by atoms with E-state index >= 15 is 0 Å². The molecule has 0 saturated heterocycles. The van der Waals surface area contributed by atoms with E-state index in [1.165, 1.54) is 38.0 Å². The summed E-state index contributed by atoms with van der Waals surface area (Å²) in [6.45, 7) is 0. The standard InChI is InChI=1S/C19H11N2.C16H10N3.C12H8N3.2C8H6N3.C8H7N2S.C7H5N4.5Ga.3H/c1-2-6-13-12(5-1)11-20-18-15(13)9-10-16-14-7-3-4-8-17(14)21-19(16)18;1-2-6-12-10-17-15(9-11(12)5-1)16-18-13-7-3-4-8-14(13)19-16;1-2-6-10-9(5-1)14-12(15-10)11-7-3-4-8-13-11;3*1-2-4-9-7(3-1)8-10-5-6-11-8;1-2-4-8-6(3-1)7-9-5-10-11-7;;;;;;;;/h1-11H;1-10H;1-8H;2*1-6H;1-6,8H;1-5H;;;;;;;;/q7*-1;3*+1;2*+2;;;. The Morgan fingerprint density at radius 3 is 1.42 bits per heavy atom. The Morgan fingerprint density at radius 2 is 0.865 bits per heavy atom. The predicted molar refractivity (Wildman–Crippen MR) is 421 cm³/mol. The quantitative estimate of drug-likeness (QED) is 0.0924. The molecule has 14 heterocycles. The SMILES string of the molecule is [GaH][N]1C=CSC1c1ccccn1.[GaH][n]1c2ccccc2c2ccc3c4ccccc4cnc3c21.[GaH][n]1cnnc1-c1ccccn1.c1ccc(-c2ncc[n]2[Ga][n]2c(-c3cc4ccccc4cn3)nc3ccccc32)nc1.c1ccc(-c2ncc[n]2[Ga][n]2c(-c3ccccn3)nc3ccccc32)nc1. The number of thioether (sulfide) groups is 1. The molecule has 6 aromatic carbocycles. The molecule has 13 aromatic heterocycles. The van der Waals surface area contributed by atoms with Gasteiger partial charge in [-0.15, -0.1) is 0 Å². The first-order chi connectivity index (χ1) is 51.4. The van der Waals surface area contributed by atoms with E-state index in [4.69, 9.17) is 19.9 Å². The molecule has 5 radical (unpaired) electrons. The van der Waals surface area contributed by atoms with Crippen LogP contribution in [0.3, 0.4) is 0 Å².